The van der Waals surface area contributed by atoms with E-state index >= 15 is 0 Å². The molecule has 0 spiro atoms. The van der Waals surface area contributed by atoms with E-state index in [2.05, 4.69) is 10.3 Å². The fourth-order valence-electron chi connectivity index (χ4n) is 2.86. The van der Waals surface area contributed by atoms with Gasteiger partial charge in [-0.2, -0.15) is 0 Å². The Kier molecular flexibility index (Phi) is 5.53. The molecular formula is C15H18ClN5O3. The molecule has 1 atom stereocenters. The summed E-state index contributed by atoms with van der Waals surface area (Å²) in [6, 6.07) is 6.48. The van der Waals surface area contributed by atoms with E-state index < -0.39 is 4.92 Å². The molecule has 2 aromatic rings. The second-order valence-corrected chi connectivity index (χ2v) is 5.40. The Morgan fingerprint density at radius 2 is 2.21 bits per heavy atom. The summed E-state index contributed by atoms with van der Waals surface area (Å²) in [6.07, 6.45) is 3.43. The van der Waals surface area contributed by atoms with E-state index in [1.165, 1.54) is 23.7 Å². The predicted octanol–water partition coefficient (Wildman–Crippen LogP) is 1.54. The van der Waals surface area contributed by atoms with Crippen LogP contribution in [0.3, 0.4) is 0 Å². The van der Waals surface area contributed by atoms with Gasteiger partial charge in [0, 0.05) is 38.1 Å². The third-order valence-corrected chi connectivity index (χ3v) is 4.07. The first-order valence-corrected chi connectivity index (χ1v) is 7.31. The minimum atomic E-state index is -0.493. The normalized spacial score (nSPS) is 17.2. The number of aromatic nitrogens is 2. The molecule has 128 valence electrons. The lowest BCUT2D eigenvalue weighted by Crippen LogP contribution is -2.49. The molecular weight excluding hydrogens is 334 g/mol. The van der Waals surface area contributed by atoms with E-state index in [4.69, 9.17) is 0 Å². The van der Waals surface area contributed by atoms with Crippen LogP contribution < -0.4 is 5.32 Å². The molecule has 8 nitrogen and oxygen atoms in total. The summed E-state index contributed by atoms with van der Waals surface area (Å²) in [4.78, 5) is 29.2. The molecule has 24 heavy (non-hydrogen) atoms. The molecule has 1 N–H and O–H groups in total. The van der Waals surface area contributed by atoms with Gasteiger partial charge in [0.05, 0.1) is 13.1 Å². The van der Waals surface area contributed by atoms with Crippen molar-refractivity contribution in [1.29, 1.82) is 0 Å². The summed E-state index contributed by atoms with van der Waals surface area (Å²) in [5.41, 5.74) is 1.25. The lowest BCUT2D eigenvalue weighted by atomic mass is 10.0. The highest BCUT2D eigenvalue weighted by Gasteiger charge is 2.32. The highest BCUT2D eigenvalue weighted by Crippen LogP contribution is 2.25. The SMILES string of the molecule is Cl.Cn1c(C(=O)N2CCNCC2c2cccnc2)ccc1[N+](=O)[O-]. The summed E-state index contributed by atoms with van der Waals surface area (Å²) in [7, 11) is 1.53. The average molecular weight is 352 g/mol. The van der Waals surface area contributed by atoms with Gasteiger partial charge in [-0.25, -0.2) is 4.57 Å². The molecule has 3 heterocycles. The van der Waals surface area contributed by atoms with Crippen molar-refractivity contribution in [1.82, 2.24) is 19.8 Å². The average Bonchev–Trinajstić information content (AvgIpc) is 2.97. The molecule has 0 aliphatic carbocycles. The van der Waals surface area contributed by atoms with E-state index in [1.54, 1.807) is 17.3 Å². The van der Waals surface area contributed by atoms with Crippen LogP contribution in [0.4, 0.5) is 5.82 Å². The number of carbonyl (C=O) groups is 1. The van der Waals surface area contributed by atoms with E-state index in [0.717, 1.165) is 5.56 Å². The van der Waals surface area contributed by atoms with Crippen molar-refractivity contribution in [3.05, 3.63) is 58.0 Å². The van der Waals surface area contributed by atoms with Crippen molar-refractivity contribution in [3.8, 4) is 0 Å². The van der Waals surface area contributed by atoms with Gasteiger partial charge in [-0.3, -0.25) is 9.78 Å². The monoisotopic (exact) mass is 351 g/mol. The third-order valence-electron chi connectivity index (χ3n) is 4.07. The molecule has 1 aliphatic heterocycles. The van der Waals surface area contributed by atoms with Crippen molar-refractivity contribution in [2.45, 2.75) is 6.04 Å². The van der Waals surface area contributed by atoms with Crippen LogP contribution in [0.5, 0.6) is 0 Å². The zero-order valence-electron chi connectivity index (χ0n) is 13.1. The van der Waals surface area contributed by atoms with Gasteiger partial charge in [-0.1, -0.05) is 6.07 Å². The second kappa shape index (κ2) is 7.41. The lowest BCUT2D eigenvalue weighted by Gasteiger charge is -2.35. The lowest BCUT2D eigenvalue weighted by molar-refractivity contribution is -0.391. The summed E-state index contributed by atoms with van der Waals surface area (Å²) < 4.78 is 1.32. The van der Waals surface area contributed by atoms with Gasteiger partial charge in [0.25, 0.3) is 5.91 Å². The maximum absolute atomic E-state index is 12.9. The second-order valence-electron chi connectivity index (χ2n) is 5.40. The maximum atomic E-state index is 12.9. The Hall–Kier alpha value is -2.45. The number of hydrogen-bond donors (Lipinski definition) is 1. The molecule has 9 heteroatoms. The number of piperazine rings is 1. The topological polar surface area (TPSA) is 93.3 Å². The van der Waals surface area contributed by atoms with E-state index in [9.17, 15) is 14.9 Å². The van der Waals surface area contributed by atoms with Crippen molar-refractivity contribution in [2.24, 2.45) is 7.05 Å². The Bertz CT molecular complexity index is 734. The minimum Gasteiger partial charge on any atom is -0.358 e. The minimum absolute atomic E-state index is 0. The zero-order valence-corrected chi connectivity index (χ0v) is 13.9. The summed E-state index contributed by atoms with van der Waals surface area (Å²) in [5.74, 6) is -0.308. The largest absolute Gasteiger partial charge is 0.358 e. The van der Waals surface area contributed by atoms with Crippen LogP contribution in [0.2, 0.25) is 0 Å². The van der Waals surface area contributed by atoms with Crippen molar-refractivity contribution >= 4 is 24.1 Å². The molecule has 1 fully saturated rings. The predicted molar refractivity (Wildman–Crippen MR) is 90.2 cm³/mol. The number of rotatable bonds is 3. The van der Waals surface area contributed by atoms with E-state index in [0.29, 0.717) is 25.3 Å². The van der Waals surface area contributed by atoms with Gasteiger partial charge in [0.15, 0.2) is 5.69 Å². The number of halogens is 1. The van der Waals surface area contributed by atoms with Crippen LogP contribution in [0.25, 0.3) is 0 Å². The van der Waals surface area contributed by atoms with Crippen LogP contribution in [0, 0.1) is 10.1 Å². The number of nitro groups is 1. The van der Waals surface area contributed by atoms with Crippen LogP contribution in [-0.4, -0.2) is 44.9 Å². The van der Waals surface area contributed by atoms with Crippen molar-refractivity contribution < 1.29 is 9.72 Å². The number of hydrogen-bond acceptors (Lipinski definition) is 5. The van der Waals surface area contributed by atoms with Gasteiger partial charge in [0.1, 0.15) is 0 Å². The zero-order chi connectivity index (χ0) is 16.4. The molecule has 1 saturated heterocycles. The van der Waals surface area contributed by atoms with Gasteiger partial charge >= 0.3 is 5.82 Å². The Balaban J connectivity index is 0.00000208. The van der Waals surface area contributed by atoms with Crippen LogP contribution in [0.15, 0.2) is 36.7 Å². The summed E-state index contributed by atoms with van der Waals surface area (Å²) in [6.45, 7) is 1.86. The first-order chi connectivity index (χ1) is 11.1. The number of nitrogens with one attached hydrogen (secondary N) is 1. The van der Waals surface area contributed by atoms with E-state index in [1.807, 2.05) is 12.1 Å². The summed E-state index contributed by atoms with van der Waals surface area (Å²) in [5, 5.41) is 14.2. The molecule has 2 aromatic heterocycles. The third kappa shape index (κ3) is 3.24. The Morgan fingerprint density at radius 3 is 2.83 bits per heavy atom. The number of carbonyl (C=O) groups excluding carboxylic acids is 1. The fraction of sp³-hybridized carbons (Fsp3) is 0.333. The highest BCUT2D eigenvalue weighted by molar-refractivity contribution is 5.93. The Labute approximate surface area is 145 Å². The molecule has 1 aliphatic rings. The number of nitrogens with zero attached hydrogens (tertiary/aromatic N) is 4. The number of amides is 1. The number of pyridine rings is 1. The fourth-order valence-corrected chi connectivity index (χ4v) is 2.86. The van der Waals surface area contributed by atoms with Crippen LogP contribution in [-0.2, 0) is 7.05 Å². The first-order valence-electron chi connectivity index (χ1n) is 7.31. The maximum Gasteiger partial charge on any atom is 0.323 e. The molecule has 0 bridgehead atoms. The van der Waals surface area contributed by atoms with Gasteiger partial charge in [-0.15, -0.1) is 12.4 Å². The van der Waals surface area contributed by atoms with Crippen molar-refractivity contribution in [3.63, 3.8) is 0 Å². The van der Waals surface area contributed by atoms with E-state index in [-0.39, 0.29) is 30.2 Å². The smallest absolute Gasteiger partial charge is 0.323 e. The summed E-state index contributed by atoms with van der Waals surface area (Å²) >= 11 is 0. The molecule has 0 radical (unpaired) electrons. The van der Waals surface area contributed by atoms with Gasteiger partial charge in [0.2, 0.25) is 0 Å². The molecule has 3 rings (SSSR count). The molecule has 0 aromatic carbocycles. The van der Waals surface area contributed by atoms with Crippen LogP contribution in [0.1, 0.15) is 22.1 Å². The quantitative estimate of drug-likeness (QED) is 0.668. The van der Waals surface area contributed by atoms with Gasteiger partial charge in [-0.05, 0) is 22.6 Å². The molecule has 1 unspecified atom stereocenters. The van der Waals surface area contributed by atoms with Gasteiger partial charge < -0.3 is 20.3 Å². The van der Waals surface area contributed by atoms with Crippen LogP contribution >= 0.6 is 12.4 Å². The van der Waals surface area contributed by atoms with Crippen molar-refractivity contribution in [2.75, 3.05) is 19.6 Å². The molecule has 1 amide bonds. The Morgan fingerprint density at radius 1 is 1.42 bits per heavy atom. The molecule has 0 saturated carbocycles. The highest BCUT2D eigenvalue weighted by atomic mass is 35.5. The standard InChI is InChI=1S/C15H17N5O3.ClH/c1-18-12(4-5-14(18)20(22)23)15(21)19-8-7-17-10-13(19)11-3-2-6-16-9-11;/h2-6,9,13,17H,7-8,10H2,1H3;1H. The first kappa shape index (κ1) is 17.9.